The minimum atomic E-state index is -4.59. The Labute approximate surface area is 515 Å². The van der Waals surface area contributed by atoms with Gasteiger partial charge in [-0.1, -0.05) is 51.9 Å². The van der Waals surface area contributed by atoms with Gasteiger partial charge in [-0.15, -0.1) is 0 Å². The zero-order valence-corrected chi connectivity index (χ0v) is 50.1. The average Bonchev–Trinajstić information content (AvgIpc) is 2.68. The highest BCUT2D eigenvalue weighted by Crippen LogP contribution is 2.35. The van der Waals surface area contributed by atoms with Crippen LogP contribution < -0.4 is 20.7 Å². The van der Waals surface area contributed by atoms with E-state index in [0.717, 1.165) is 44.5 Å². The minimum absolute atomic E-state index is 0.0540. The first-order chi connectivity index (χ1) is 42.5. The molecule has 5 N–H and O–H groups in total. The third kappa shape index (κ3) is 17.0. The number of aliphatic imine (C=N–C) groups is 1. The van der Waals surface area contributed by atoms with Gasteiger partial charge < -0.3 is 45.1 Å². The number of alkyl halides is 2. The Morgan fingerprint density at radius 1 is 1.01 bits per heavy atom. The number of aliphatic carboxylic acids is 1. The van der Waals surface area contributed by atoms with Gasteiger partial charge in [0.05, 0.1) is 30.9 Å². The first-order valence-electron chi connectivity index (χ1n) is 27.3. The van der Waals surface area contributed by atoms with Crippen LogP contribution in [-0.4, -0.2) is 137 Å². The summed E-state index contributed by atoms with van der Waals surface area (Å²) in [7, 11) is -1.05. The molecule has 0 saturated carbocycles. The number of allylic oxidation sites excluding steroid dienone is 2. The fraction of sp³-hybridized carbons (Fsp3) is 0.339. The maximum absolute atomic E-state index is 14.5. The van der Waals surface area contributed by atoms with Crippen molar-refractivity contribution in [3.63, 3.8) is 0 Å². The third-order valence-electron chi connectivity index (χ3n) is 14.5. The van der Waals surface area contributed by atoms with E-state index in [1.165, 1.54) is 28.9 Å². The fourth-order valence-electron chi connectivity index (χ4n) is 9.97. The number of carbonyl (C=O) groups excluding carboxylic acids is 6. The lowest BCUT2D eigenvalue weighted by Crippen LogP contribution is -2.46. The molecule has 0 radical (unpaired) electrons. The number of aromatic nitrogens is 2. The van der Waals surface area contributed by atoms with Gasteiger partial charge in [0, 0.05) is 92.2 Å². The van der Waals surface area contributed by atoms with Crippen LogP contribution in [-0.2, 0) is 79.2 Å². The highest BCUT2D eigenvalue weighted by Gasteiger charge is 2.50. The van der Waals surface area contributed by atoms with Crippen LogP contribution in [0.3, 0.4) is 0 Å². The number of nitrogens with one attached hydrogen (secondary N) is 4. The van der Waals surface area contributed by atoms with Crippen molar-refractivity contribution in [1.29, 1.82) is 5.26 Å². The van der Waals surface area contributed by atoms with Crippen LogP contribution >= 0.6 is 21.6 Å². The third-order valence-corrected chi connectivity index (χ3v) is 18.3. The van der Waals surface area contributed by atoms with Crippen LogP contribution in [0.1, 0.15) is 67.0 Å². The lowest BCUT2D eigenvalue weighted by molar-refractivity contribution is -0.141. The number of nitriles is 1. The van der Waals surface area contributed by atoms with Crippen LogP contribution in [0.4, 0.5) is 22.4 Å². The molecule has 23 nitrogen and oxygen atoms in total. The Morgan fingerprint density at radius 2 is 1.80 bits per heavy atom. The summed E-state index contributed by atoms with van der Waals surface area (Å²) in [6.45, 7) is 4.31. The first-order valence-corrected chi connectivity index (χ1v) is 31.3. The maximum atomic E-state index is 14.5. The molecule has 0 spiro atoms. The lowest BCUT2D eigenvalue weighted by atomic mass is 9.98. The zero-order valence-electron chi connectivity index (χ0n) is 47.6. The SMILES string of the molecule is C=N/C(OC)=C(\C=C(/C)c1ccc2nccc(-c3ccc(COC(=O)OCCSSCC(NC(=O)CCC(=O)NCc4cccc5c4CN(C(=O)C[C@@H]4C[C@@H](C(=O)N6CC(F)(F)C[C@H]6C#N)NC4=O)C5)C(=O)O)nc3)c2c1)NS(=O)(=O)c1ccc(F)cc1F. The van der Waals surface area contributed by atoms with E-state index >= 15 is 0 Å². The van der Waals surface area contributed by atoms with Crippen molar-refractivity contribution >= 4 is 96.5 Å². The van der Waals surface area contributed by atoms with Crippen molar-refractivity contribution in [2.24, 2.45) is 10.9 Å². The number of benzene rings is 3. The normalized spacial score (nSPS) is 17.6. The minimum Gasteiger partial charge on any atom is -0.480 e. The number of carbonyl (C=O) groups is 7. The largest absolute Gasteiger partial charge is 0.508 e. The average molecular weight is 1290 g/mol. The topological polar surface area (TPSA) is 318 Å². The van der Waals surface area contributed by atoms with Gasteiger partial charge in [0.1, 0.15) is 53.6 Å². The van der Waals surface area contributed by atoms with E-state index in [-0.39, 0.29) is 87.5 Å². The van der Waals surface area contributed by atoms with E-state index in [1.54, 1.807) is 67.9 Å². The van der Waals surface area contributed by atoms with Gasteiger partial charge in [0.2, 0.25) is 35.4 Å². The molecule has 5 aromatic rings. The van der Waals surface area contributed by atoms with Crippen LogP contribution in [0.25, 0.3) is 27.6 Å². The maximum Gasteiger partial charge on any atom is 0.508 e. The second-order valence-corrected chi connectivity index (χ2v) is 24.9. The standard InChI is InChI=1S/C59H58F4N10O13S3/c1-33(19-47(55(65-2)84-3)71-89(82,83)50-12-9-39(60)23-45(50)61)34-8-11-46-43(20-34)42(15-16-66-46)36-7-10-40(67-26-36)30-86-58(81)85-17-18-87-88-31-49(57(79)80)69-52(75)14-13-51(74)68-27-35-5-4-6-37-28-72(29-44(35)37)53(76)22-38-21-48(70-54(38)77)56(78)73-32-59(62,63)24-41(73)25-64/h4-12,15-16,19-20,23,26,38,41,48-49,71H,2,13-14,17-18,21-22,24,27-32H2,1,3H3,(H,68,74)(H,69,75)(H,70,77)(H,79,80)/b33-19+,55-47-/t38-,41-,48-,49?/m0/s1. The molecule has 3 aliphatic rings. The molecule has 3 aromatic carbocycles. The molecule has 2 fully saturated rings. The molecule has 3 aliphatic heterocycles. The number of methoxy groups -OCH3 is 1. The molecule has 5 amide bonds. The lowest BCUT2D eigenvalue weighted by Gasteiger charge is -2.22. The number of amides is 5. The van der Waals surface area contributed by atoms with Crippen molar-refractivity contribution in [3.8, 4) is 17.2 Å². The van der Waals surface area contributed by atoms with E-state index in [0.29, 0.717) is 44.9 Å². The number of hydrogen-bond acceptors (Lipinski definition) is 18. The number of rotatable bonds is 26. The Bertz CT molecular complexity index is 3820. The quantitative estimate of drug-likeness (QED) is 0.00734. The van der Waals surface area contributed by atoms with Crippen LogP contribution in [0.2, 0.25) is 0 Å². The molecule has 0 aliphatic carbocycles. The van der Waals surface area contributed by atoms with Crippen molar-refractivity contribution in [1.82, 2.24) is 40.4 Å². The van der Waals surface area contributed by atoms with E-state index in [9.17, 15) is 69.9 Å². The van der Waals surface area contributed by atoms with Gasteiger partial charge in [0.15, 0.2) is 0 Å². The number of pyridine rings is 2. The Morgan fingerprint density at radius 3 is 2.52 bits per heavy atom. The van der Waals surface area contributed by atoms with Crippen LogP contribution in [0, 0.1) is 28.9 Å². The molecular weight excluding hydrogens is 1230 g/mol. The number of carboxylic acids is 1. The number of carboxylic acid groups (broad SMARTS) is 1. The van der Waals surface area contributed by atoms with Gasteiger partial charge in [-0.2, -0.15) is 5.26 Å². The summed E-state index contributed by atoms with van der Waals surface area (Å²) < 4.78 is 100. The summed E-state index contributed by atoms with van der Waals surface area (Å²) in [6, 6.07) is 15.9. The van der Waals surface area contributed by atoms with Gasteiger partial charge in [-0.05, 0) is 95.9 Å². The number of ether oxygens (including phenoxy) is 3. The summed E-state index contributed by atoms with van der Waals surface area (Å²) in [5, 5.41) is 27.4. The second kappa shape index (κ2) is 29.3. The molecule has 89 heavy (non-hydrogen) atoms. The van der Waals surface area contributed by atoms with Crippen molar-refractivity contribution in [2.45, 2.75) is 94.2 Å². The van der Waals surface area contributed by atoms with Crippen molar-refractivity contribution in [2.75, 3.05) is 31.8 Å². The molecule has 8 rings (SSSR count). The summed E-state index contributed by atoms with van der Waals surface area (Å²) in [4.78, 5) is 103. The first kappa shape index (κ1) is 65.9. The Hall–Kier alpha value is -9.08. The summed E-state index contributed by atoms with van der Waals surface area (Å²) >= 11 is 0. The second-order valence-electron chi connectivity index (χ2n) is 20.6. The Balaban J connectivity index is 0.725. The predicted octanol–water partition coefficient (Wildman–Crippen LogP) is 6.67. The van der Waals surface area contributed by atoms with Crippen LogP contribution in [0.15, 0.2) is 113 Å². The summed E-state index contributed by atoms with van der Waals surface area (Å²) in [6.07, 6.45) is 1.93. The number of halogens is 4. The van der Waals surface area contributed by atoms with Crippen LogP contribution in [0.5, 0.6) is 0 Å². The number of fused-ring (bicyclic) bond motifs is 2. The molecule has 30 heteroatoms. The molecule has 1 unspecified atom stereocenters. The predicted molar refractivity (Wildman–Crippen MR) is 317 cm³/mol. The van der Waals surface area contributed by atoms with Crippen molar-refractivity contribution < 1.29 is 78.9 Å². The summed E-state index contributed by atoms with van der Waals surface area (Å²) in [5.74, 6) is -10.6. The highest BCUT2D eigenvalue weighted by molar-refractivity contribution is 8.76. The number of hydrogen-bond donors (Lipinski definition) is 5. The van der Waals surface area contributed by atoms with E-state index in [4.69, 9.17) is 14.2 Å². The number of likely N-dealkylation sites (tertiary alicyclic amines) is 1. The van der Waals surface area contributed by atoms with Gasteiger partial charge >= 0.3 is 12.1 Å². The smallest absolute Gasteiger partial charge is 0.480 e. The molecule has 468 valence electrons. The van der Waals surface area contributed by atoms with Gasteiger partial charge in [-0.25, -0.2) is 40.6 Å². The summed E-state index contributed by atoms with van der Waals surface area (Å²) in [5.41, 5.74) is 5.67. The zero-order chi connectivity index (χ0) is 64.2. The van der Waals surface area contributed by atoms with Crippen molar-refractivity contribution in [3.05, 3.63) is 142 Å². The molecule has 5 heterocycles. The monoisotopic (exact) mass is 1290 g/mol. The van der Waals surface area contributed by atoms with E-state index < -0.39 is 105 Å². The van der Waals surface area contributed by atoms with Gasteiger partial charge in [-0.3, -0.25) is 38.7 Å². The highest BCUT2D eigenvalue weighted by atomic mass is 33.1. The molecular formula is C59H58F4N10O13S3. The number of nitrogens with zero attached hydrogens (tertiary/aromatic N) is 6. The van der Waals surface area contributed by atoms with E-state index in [2.05, 4.69) is 42.4 Å². The Kier molecular flexibility index (Phi) is 21.7. The number of sulfonamides is 1. The van der Waals surface area contributed by atoms with Gasteiger partial charge in [0.25, 0.3) is 15.9 Å². The van der Waals surface area contributed by atoms with E-state index in [1.807, 2.05) is 12.1 Å². The molecule has 4 atom stereocenters. The fourth-order valence-corrected chi connectivity index (χ4v) is 13.1. The molecule has 2 aromatic heterocycles. The molecule has 2 saturated heterocycles. The molecule has 0 bridgehead atoms.